The first kappa shape index (κ1) is 15.1. The zero-order chi connectivity index (χ0) is 17.6. The van der Waals surface area contributed by atoms with Gasteiger partial charge >= 0.3 is 0 Å². The lowest BCUT2D eigenvalue weighted by molar-refractivity contribution is -0.384. The monoisotopic (exact) mass is 338 g/mol. The minimum absolute atomic E-state index is 0.000296. The number of amides is 1. The molecule has 0 spiro atoms. The molecule has 2 aliphatic rings. The van der Waals surface area contributed by atoms with Crippen molar-refractivity contribution in [3.8, 4) is 0 Å². The molecule has 1 amide bonds. The standard InChI is InChI=1S/C17H14N4O4/c22-17-13-3-1-2-12-14(19-23)8-9-20(15(12)13)16(18-17)10-4-6-11(7-5-10)21(24)25/h1-7,16,23H,8-9H2,(H,18,22). The maximum absolute atomic E-state index is 12.5. The van der Waals surface area contributed by atoms with Gasteiger partial charge in [0, 0.05) is 30.7 Å². The summed E-state index contributed by atoms with van der Waals surface area (Å²) in [6, 6.07) is 11.5. The predicted octanol–water partition coefficient (Wildman–Crippen LogP) is 2.43. The fourth-order valence-corrected chi connectivity index (χ4v) is 3.43. The topological polar surface area (TPSA) is 108 Å². The minimum atomic E-state index is -0.457. The molecule has 8 heteroatoms. The molecular weight excluding hydrogens is 324 g/mol. The van der Waals surface area contributed by atoms with Gasteiger partial charge in [-0.2, -0.15) is 0 Å². The van der Waals surface area contributed by atoms with Gasteiger partial charge < -0.3 is 15.4 Å². The van der Waals surface area contributed by atoms with Crippen LogP contribution in [0.15, 0.2) is 47.6 Å². The number of hydrogen-bond donors (Lipinski definition) is 2. The zero-order valence-corrected chi connectivity index (χ0v) is 13.0. The maximum Gasteiger partial charge on any atom is 0.269 e. The van der Waals surface area contributed by atoms with E-state index in [0.717, 1.165) is 16.8 Å². The van der Waals surface area contributed by atoms with Gasteiger partial charge in [-0.25, -0.2) is 0 Å². The fourth-order valence-electron chi connectivity index (χ4n) is 3.43. The van der Waals surface area contributed by atoms with Crippen molar-refractivity contribution in [1.29, 1.82) is 0 Å². The SMILES string of the molecule is O=C1NC(c2ccc([N+](=O)[O-])cc2)N2CCC(=NO)c3cccc1c32. The van der Waals surface area contributed by atoms with Gasteiger partial charge in [0.2, 0.25) is 0 Å². The Morgan fingerprint density at radius 1 is 1.20 bits per heavy atom. The van der Waals surface area contributed by atoms with Gasteiger partial charge in [-0.1, -0.05) is 17.3 Å². The van der Waals surface area contributed by atoms with Crippen LogP contribution in [0.4, 0.5) is 11.4 Å². The Hall–Kier alpha value is -3.42. The summed E-state index contributed by atoms with van der Waals surface area (Å²) >= 11 is 0. The minimum Gasteiger partial charge on any atom is -0.411 e. The Morgan fingerprint density at radius 3 is 2.60 bits per heavy atom. The first-order chi connectivity index (χ1) is 12.1. The van der Waals surface area contributed by atoms with Gasteiger partial charge in [0.1, 0.15) is 6.17 Å². The number of hydrogen-bond acceptors (Lipinski definition) is 6. The van der Waals surface area contributed by atoms with Crippen molar-refractivity contribution in [2.75, 3.05) is 11.4 Å². The summed E-state index contributed by atoms with van der Waals surface area (Å²) in [5.41, 5.74) is 3.28. The van der Waals surface area contributed by atoms with Crippen LogP contribution < -0.4 is 10.2 Å². The Labute approximate surface area is 142 Å². The molecule has 0 aromatic heterocycles. The number of para-hydroxylation sites is 1. The van der Waals surface area contributed by atoms with Crippen molar-refractivity contribution in [1.82, 2.24) is 5.32 Å². The quantitative estimate of drug-likeness (QED) is 0.497. The summed E-state index contributed by atoms with van der Waals surface area (Å²) < 4.78 is 0. The number of carbonyl (C=O) groups excluding carboxylic acids is 1. The van der Waals surface area contributed by atoms with Gasteiger partial charge in [0.15, 0.2) is 0 Å². The highest BCUT2D eigenvalue weighted by Gasteiger charge is 2.37. The number of nitrogens with zero attached hydrogens (tertiary/aromatic N) is 3. The van der Waals surface area contributed by atoms with Crippen LogP contribution in [0.2, 0.25) is 0 Å². The van der Waals surface area contributed by atoms with Gasteiger partial charge in [0.05, 0.1) is 21.9 Å². The lowest BCUT2D eigenvalue weighted by Crippen LogP contribution is -2.49. The maximum atomic E-state index is 12.5. The molecule has 25 heavy (non-hydrogen) atoms. The lowest BCUT2D eigenvalue weighted by atomic mass is 9.92. The molecule has 1 unspecified atom stereocenters. The van der Waals surface area contributed by atoms with Crippen molar-refractivity contribution in [2.24, 2.45) is 5.16 Å². The molecule has 0 fully saturated rings. The van der Waals surface area contributed by atoms with Crippen molar-refractivity contribution in [3.05, 3.63) is 69.3 Å². The van der Waals surface area contributed by atoms with E-state index in [0.29, 0.717) is 24.2 Å². The van der Waals surface area contributed by atoms with Gasteiger partial charge in [-0.15, -0.1) is 0 Å². The fraction of sp³-hybridized carbons (Fsp3) is 0.176. The number of carbonyl (C=O) groups is 1. The van der Waals surface area contributed by atoms with E-state index in [4.69, 9.17) is 0 Å². The summed E-state index contributed by atoms with van der Waals surface area (Å²) in [7, 11) is 0. The first-order valence-electron chi connectivity index (χ1n) is 7.76. The molecule has 0 radical (unpaired) electrons. The highest BCUT2D eigenvalue weighted by molar-refractivity contribution is 6.13. The average molecular weight is 338 g/mol. The number of nitrogens with one attached hydrogen (secondary N) is 1. The molecule has 2 aromatic rings. The second-order valence-corrected chi connectivity index (χ2v) is 5.92. The molecule has 2 heterocycles. The van der Waals surface area contributed by atoms with Crippen LogP contribution in [0.3, 0.4) is 0 Å². The second-order valence-electron chi connectivity index (χ2n) is 5.92. The van der Waals surface area contributed by atoms with Crippen LogP contribution in [-0.4, -0.2) is 28.3 Å². The predicted molar refractivity (Wildman–Crippen MR) is 90.0 cm³/mol. The number of nitro benzene ring substituents is 1. The van der Waals surface area contributed by atoms with E-state index in [1.54, 1.807) is 24.3 Å². The average Bonchev–Trinajstić information content (AvgIpc) is 2.64. The Bertz CT molecular complexity index is 907. The van der Waals surface area contributed by atoms with Crippen LogP contribution >= 0.6 is 0 Å². The molecule has 0 saturated heterocycles. The third-order valence-corrected chi connectivity index (χ3v) is 4.59. The van der Waals surface area contributed by atoms with Crippen molar-refractivity contribution < 1.29 is 14.9 Å². The number of anilines is 1. The third-order valence-electron chi connectivity index (χ3n) is 4.59. The zero-order valence-electron chi connectivity index (χ0n) is 13.0. The van der Waals surface area contributed by atoms with Crippen LogP contribution in [0.25, 0.3) is 0 Å². The van der Waals surface area contributed by atoms with Crippen LogP contribution in [-0.2, 0) is 0 Å². The Balaban J connectivity index is 1.81. The van der Waals surface area contributed by atoms with E-state index in [-0.39, 0.29) is 11.6 Å². The van der Waals surface area contributed by atoms with Gasteiger partial charge in [0.25, 0.3) is 11.6 Å². The summed E-state index contributed by atoms with van der Waals surface area (Å²) in [5, 5.41) is 26.4. The molecule has 0 bridgehead atoms. The summed E-state index contributed by atoms with van der Waals surface area (Å²) in [6.07, 6.45) is 0.106. The first-order valence-corrected chi connectivity index (χ1v) is 7.76. The normalized spacial score (nSPS) is 20.2. The molecule has 0 saturated carbocycles. The molecular formula is C17H14N4O4. The molecule has 1 atom stereocenters. The number of rotatable bonds is 2. The molecule has 2 aliphatic heterocycles. The molecule has 4 rings (SSSR count). The van der Waals surface area contributed by atoms with E-state index >= 15 is 0 Å². The Kier molecular flexibility index (Phi) is 3.38. The van der Waals surface area contributed by atoms with Crippen molar-refractivity contribution >= 4 is 23.0 Å². The largest absolute Gasteiger partial charge is 0.411 e. The Morgan fingerprint density at radius 2 is 1.92 bits per heavy atom. The van der Waals surface area contributed by atoms with E-state index in [1.807, 2.05) is 11.0 Å². The lowest BCUT2D eigenvalue weighted by Gasteiger charge is -2.42. The van der Waals surface area contributed by atoms with Crippen molar-refractivity contribution in [2.45, 2.75) is 12.6 Å². The highest BCUT2D eigenvalue weighted by atomic mass is 16.6. The van der Waals surface area contributed by atoms with Crippen LogP contribution in [0, 0.1) is 10.1 Å². The number of oxime groups is 1. The van der Waals surface area contributed by atoms with E-state index < -0.39 is 11.1 Å². The molecule has 8 nitrogen and oxygen atoms in total. The highest BCUT2D eigenvalue weighted by Crippen LogP contribution is 2.39. The third kappa shape index (κ3) is 2.30. The summed E-state index contributed by atoms with van der Waals surface area (Å²) in [5.74, 6) is -0.226. The van der Waals surface area contributed by atoms with E-state index in [9.17, 15) is 20.1 Å². The molecule has 126 valence electrons. The number of benzene rings is 2. The van der Waals surface area contributed by atoms with Crippen LogP contribution in [0.1, 0.15) is 34.1 Å². The van der Waals surface area contributed by atoms with Gasteiger partial charge in [-0.3, -0.25) is 14.9 Å². The molecule has 2 N–H and O–H groups in total. The smallest absolute Gasteiger partial charge is 0.269 e. The number of non-ortho nitro benzene ring substituents is 1. The second kappa shape index (κ2) is 5.59. The van der Waals surface area contributed by atoms with E-state index in [2.05, 4.69) is 10.5 Å². The summed E-state index contributed by atoms with van der Waals surface area (Å²) in [6.45, 7) is 0.561. The van der Waals surface area contributed by atoms with Crippen molar-refractivity contribution in [3.63, 3.8) is 0 Å². The van der Waals surface area contributed by atoms with E-state index in [1.165, 1.54) is 12.1 Å². The van der Waals surface area contributed by atoms with Gasteiger partial charge in [-0.05, 0) is 23.8 Å². The molecule has 2 aromatic carbocycles. The molecule has 0 aliphatic carbocycles. The number of nitro groups is 1. The van der Waals surface area contributed by atoms with Crippen LogP contribution in [0.5, 0.6) is 0 Å². The summed E-state index contributed by atoms with van der Waals surface area (Å²) in [4.78, 5) is 24.9.